The van der Waals surface area contributed by atoms with Crippen molar-refractivity contribution in [2.75, 3.05) is 53.6 Å². The minimum atomic E-state index is -0.874. The molecule has 1 aromatic heterocycles. The highest BCUT2D eigenvalue weighted by molar-refractivity contribution is 5.91. The third-order valence-corrected chi connectivity index (χ3v) is 7.82. The number of fused-ring (bicyclic) bond motifs is 5. The van der Waals surface area contributed by atoms with Crippen molar-refractivity contribution < 1.29 is 33.0 Å². The molecule has 2 aliphatic rings. The average molecular weight is 606 g/mol. The fraction of sp³-hybridized carbons (Fsp3) is 0.438. The third kappa shape index (κ3) is 7.56. The van der Waals surface area contributed by atoms with Crippen molar-refractivity contribution in [3.63, 3.8) is 0 Å². The Morgan fingerprint density at radius 1 is 1.11 bits per heavy atom. The summed E-state index contributed by atoms with van der Waals surface area (Å²) in [5.41, 5.74) is 2.14. The summed E-state index contributed by atoms with van der Waals surface area (Å²) in [4.78, 5) is 48.7. The highest BCUT2D eigenvalue weighted by Crippen LogP contribution is 2.33. The first-order valence-corrected chi connectivity index (χ1v) is 14.8. The molecule has 3 aromatic rings. The highest BCUT2D eigenvalue weighted by Gasteiger charge is 2.32. The number of hydrogen-bond acceptors (Lipinski definition) is 9. The largest absolute Gasteiger partial charge is 0.493 e. The fourth-order valence-electron chi connectivity index (χ4n) is 5.27. The van der Waals surface area contributed by atoms with Crippen molar-refractivity contribution >= 4 is 17.7 Å². The van der Waals surface area contributed by atoms with E-state index in [1.54, 1.807) is 26.2 Å². The summed E-state index contributed by atoms with van der Waals surface area (Å²) in [5.74, 6) is 0.953. The number of carbonyl (C=O) groups is 3. The summed E-state index contributed by atoms with van der Waals surface area (Å²) in [5, 5.41) is 5.78. The lowest BCUT2D eigenvalue weighted by molar-refractivity contribution is -0.145. The summed E-state index contributed by atoms with van der Waals surface area (Å²) >= 11 is 0. The van der Waals surface area contributed by atoms with Crippen molar-refractivity contribution in [2.45, 2.75) is 38.4 Å². The van der Waals surface area contributed by atoms with Gasteiger partial charge >= 0.3 is 0 Å². The van der Waals surface area contributed by atoms with Gasteiger partial charge in [-0.2, -0.15) is 0 Å². The van der Waals surface area contributed by atoms with Crippen LogP contribution in [0.5, 0.6) is 11.5 Å². The maximum atomic E-state index is 13.7. The first-order chi connectivity index (χ1) is 21.3. The number of oxazole rings is 1. The van der Waals surface area contributed by atoms with E-state index in [4.69, 9.17) is 18.6 Å². The Balaban J connectivity index is 1.44. The number of likely N-dealkylation sites (N-methyl/N-ethyl adjacent to an activating group) is 1. The fourth-order valence-corrected chi connectivity index (χ4v) is 5.27. The zero-order valence-electron chi connectivity index (χ0n) is 25.3. The van der Waals surface area contributed by atoms with Crippen LogP contribution < -0.4 is 20.1 Å². The maximum absolute atomic E-state index is 13.7. The molecule has 3 heterocycles. The third-order valence-electron chi connectivity index (χ3n) is 7.82. The van der Waals surface area contributed by atoms with Crippen molar-refractivity contribution in [2.24, 2.45) is 0 Å². The van der Waals surface area contributed by atoms with Crippen LogP contribution in [0.3, 0.4) is 0 Å². The van der Waals surface area contributed by atoms with Crippen LogP contribution in [0.2, 0.25) is 0 Å². The Kier molecular flexibility index (Phi) is 10.1. The van der Waals surface area contributed by atoms with E-state index in [0.29, 0.717) is 54.0 Å². The Bertz CT molecular complexity index is 1460. The minimum absolute atomic E-state index is 0.105. The van der Waals surface area contributed by atoms with Crippen molar-refractivity contribution in [3.05, 3.63) is 65.5 Å². The second-order valence-corrected chi connectivity index (χ2v) is 10.9. The van der Waals surface area contributed by atoms with Crippen LogP contribution in [-0.4, -0.2) is 98.2 Å². The van der Waals surface area contributed by atoms with Crippen LogP contribution in [0, 0.1) is 6.92 Å². The lowest BCUT2D eigenvalue weighted by atomic mass is 10.0. The molecule has 1 saturated heterocycles. The molecule has 0 radical (unpaired) electrons. The van der Waals surface area contributed by atoms with E-state index in [0.717, 1.165) is 5.56 Å². The van der Waals surface area contributed by atoms with Crippen LogP contribution in [0.4, 0.5) is 0 Å². The van der Waals surface area contributed by atoms with Gasteiger partial charge in [-0.1, -0.05) is 30.3 Å². The quantitative estimate of drug-likeness (QED) is 0.458. The second-order valence-electron chi connectivity index (χ2n) is 10.9. The van der Waals surface area contributed by atoms with E-state index in [9.17, 15) is 14.4 Å². The van der Waals surface area contributed by atoms with Gasteiger partial charge in [0, 0.05) is 25.1 Å². The van der Waals surface area contributed by atoms with Crippen LogP contribution >= 0.6 is 0 Å². The number of nitrogens with zero attached hydrogens (tertiary/aromatic N) is 3. The molecule has 0 aliphatic carbocycles. The van der Waals surface area contributed by atoms with E-state index in [2.05, 4.69) is 15.6 Å². The molecule has 2 aliphatic heterocycles. The van der Waals surface area contributed by atoms with Gasteiger partial charge < -0.3 is 34.2 Å². The standard InChI is InChI=1S/C32H39N5O7/c1-21-25-18-33-30(39)24(16-22-8-5-4-6-9-22)34-29(38)19-37(32(40)26-20-42-15-13-36(26)2)12-7-14-43-28-17-23(31(35-25)44-21)10-11-27(28)41-3/h4-6,8-11,17,24,26H,7,12-16,18-20H2,1-3H3,(H,33,39)(H,34,38)/t24-,26-/m1/s1. The van der Waals surface area contributed by atoms with E-state index >= 15 is 0 Å². The van der Waals surface area contributed by atoms with Crippen molar-refractivity contribution in [3.8, 4) is 23.0 Å². The van der Waals surface area contributed by atoms with Crippen LogP contribution in [0.1, 0.15) is 23.4 Å². The molecule has 12 nitrogen and oxygen atoms in total. The number of carbonyl (C=O) groups excluding carboxylic acids is 3. The van der Waals surface area contributed by atoms with Crippen molar-refractivity contribution in [1.29, 1.82) is 0 Å². The Hall–Kier alpha value is -4.42. The minimum Gasteiger partial charge on any atom is -0.493 e. The maximum Gasteiger partial charge on any atom is 0.243 e. The number of rotatable bonds is 4. The SMILES string of the molecule is COc1ccc2cc1OCCCN(C(=O)[C@H]1COCCN1C)CC(=O)N[C@H](Cc1ccccc1)C(=O)NCc1nc-2oc1C. The summed E-state index contributed by atoms with van der Waals surface area (Å²) in [6, 6.07) is 13.5. The lowest BCUT2D eigenvalue weighted by Gasteiger charge is -2.35. The van der Waals surface area contributed by atoms with Gasteiger partial charge in [0.25, 0.3) is 0 Å². The van der Waals surface area contributed by atoms with E-state index in [1.807, 2.05) is 48.3 Å². The molecule has 2 N–H and O–H groups in total. The van der Waals surface area contributed by atoms with Crippen molar-refractivity contribution in [1.82, 2.24) is 25.4 Å². The van der Waals surface area contributed by atoms with E-state index < -0.39 is 18.0 Å². The van der Waals surface area contributed by atoms with Gasteiger partial charge in [0.15, 0.2) is 11.5 Å². The highest BCUT2D eigenvalue weighted by atomic mass is 16.5. The van der Waals surface area contributed by atoms with Gasteiger partial charge in [-0.15, -0.1) is 0 Å². The number of morpholine rings is 1. The Morgan fingerprint density at radius 3 is 2.70 bits per heavy atom. The second kappa shape index (κ2) is 14.4. The zero-order valence-corrected chi connectivity index (χ0v) is 25.3. The summed E-state index contributed by atoms with van der Waals surface area (Å²) in [6.07, 6.45) is 0.719. The number of ether oxygens (including phenoxy) is 3. The first kappa shape index (κ1) is 31.0. The van der Waals surface area contributed by atoms with Gasteiger partial charge in [-0.3, -0.25) is 19.3 Å². The lowest BCUT2D eigenvalue weighted by Crippen LogP contribution is -2.56. The predicted octanol–water partition coefficient (Wildman–Crippen LogP) is 1.94. The molecule has 1 fully saturated rings. The van der Waals surface area contributed by atoms with Crippen LogP contribution in [0.15, 0.2) is 52.9 Å². The van der Waals surface area contributed by atoms with Gasteiger partial charge in [0.2, 0.25) is 23.6 Å². The van der Waals surface area contributed by atoms with Gasteiger partial charge in [-0.05, 0) is 44.2 Å². The molecular weight excluding hydrogens is 566 g/mol. The number of aryl methyl sites for hydroxylation is 1. The molecule has 234 valence electrons. The van der Waals surface area contributed by atoms with Gasteiger partial charge in [0.05, 0.1) is 40.0 Å². The molecule has 2 aromatic carbocycles. The summed E-state index contributed by atoms with van der Waals surface area (Å²) in [7, 11) is 3.43. The molecule has 0 unspecified atom stereocenters. The summed E-state index contributed by atoms with van der Waals surface area (Å²) < 4.78 is 23.1. The Labute approximate surface area is 256 Å². The molecule has 12 heteroatoms. The van der Waals surface area contributed by atoms with E-state index in [1.165, 1.54) is 4.90 Å². The number of nitrogens with one attached hydrogen (secondary N) is 2. The van der Waals surface area contributed by atoms with Crippen LogP contribution in [-0.2, 0) is 32.1 Å². The van der Waals surface area contributed by atoms with E-state index in [-0.39, 0.29) is 51.1 Å². The summed E-state index contributed by atoms with van der Waals surface area (Å²) in [6.45, 7) is 3.59. The number of hydrogen-bond donors (Lipinski definition) is 2. The molecular formula is C32H39N5O7. The average Bonchev–Trinajstić information content (AvgIpc) is 3.41. The molecule has 44 heavy (non-hydrogen) atoms. The van der Waals surface area contributed by atoms with Gasteiger partial charge in [0.1, 0.15) is 23.5 Å². The molecule has 4 bridgehead atoms. The topological polar surface area (TPSA) is 135 Å². The normalized spacial score (nSPS) is 20.5. The molecule has 3 amide bonds. The smallest absolute Gasteiger partial charge is 0.243 e. The Morgan fingerprint density at radius 2 is 1.93 bits per heavy atom. The number of aromatic nitrogens is 1. The molecule has 2 atom stereocenters. The zero-order chi connectivity index (χ0) is 31.1. The molecule has 0 spiro atoms. The number of benzene rings is 2. The molecule has 0 saturated carbocycles. The van der Waals surface area contributed by atoms with Gasteiger partial charge in [-0.25, -0.2) is 4.98 Å². The monoisotopic (exact) mass is 605 g/mol. The number of methoxy groups -OCH3 is 1. The number of amides is 3. The predicted molar refractivity (Wildman–Crippen MR) is 161 cm³/mol. The molecule has 5 rings (SSSR count). The van der Waals surface area contributed by atoms with Crippen LogP contribution in [0.25, 0.3) is 11.5 Å². The first-order valence-electron chi connectivity index (χ1n) is 14.8.